The minimum Gasteiger partial charge on any atom is -0.494 e. The van der Waals surface area contributed by atoms with Gasteiger partial charge in [-0.3, -0.25) is 4.79 Å². The number of carbonyl (C=O) groups excluding carboxylic acids is 2. The second kappa shape index (κ2) is 9.07. The second-order valence-electron chi connectivity index (χ2n) is 6.19. The summed E-state index contributed by atoms with van der Waals surface area (Å²) in [6.07, 6.45) is 0.816. The average Bonchev–Trinajstić information content (AvgIpc) is 2.71. The number of benzene rings is 2. The second-order valence-corrected chi connectivity index (χ2v) is 6.19. The van der Waals surface area contributed by atoms with Gasteiger partial charge in [-0.2, -0.15) is 0 Å². The minimum atomic E-state index is -0.574. The van der Waals surface area contributed by atoms with Crippen molar-refractivity contribution >= 4 is 11.9 Å². The molecule has 0 unspecified atom stereocenters. The molecule has 0 aliphatic carbocycles. The number of hydrogen-bond acceptors (Lipinski definition) is 5. The van der Waals surface area contributed by atoms with Gasteiger partial charge in [-0.1, -0.05) is 24.3 Å². The minimum absolute atomic E-state index is 0.195. The van der Waals surface area contributed by atoms with Crippen molar-refractivity contribution in [3.8, 4) is 11.5 Å². The van der Waals surface area contributed by atoms with Crippen molar-refractivity contribution in [3.05, 3.63) is 59.7 Å². The van der Waals surface area contributed by atoms with Crippen LogP contribution in [-0.2, 0) is 27.3 Å². The number of fused-ring (bicyclic) bond motifs is 1. The van der Waals surface area contributed by atoms with Crippen molar-refractivity contribution in [1.29, 1.82) is 0 Å². The number of ether oxygens (including phenoxy) is 3. The Kier molecular flexibility index (Phi) is 6.30. The number of hydrogen-bond donors (Lipinski definition) is 0. The van der Waals surface area contributed by atoms with Crippen LogP contribution in [0.1, 0.15) is 18.1 Å². The van der Waals surface area contributed by atoms with E-state index in [2.05, 4.69) is 6.07 Å². The third-order valence-corrected chi connectivity index (χ3v) is 4.33. The largest absolute Gasteiger partial charge is 0.494 e. The van der Waals surface area contributed by atoms with Gasteiger partial charge in [-0.15, -0.1) is 0 Å². The fourth-order valence-electron chi connectivity index (χ4n) is 2.92. The lowest BCUT2D eigenvalue weighted by Crippen LogP contribution is -2.38. The monoisotopic (exact) mass is 369 g/mol. The first kappa shape index (κ1) is 18.8. The Labute approximate surface area is 158 Å². The molecule has 0 saturated carbocycles. The van der Waals surface area contributed by atoms with E-state index in [4.69, 9.17) is 14.2 Å². The van der Waals surface area contributed by atoms with E-state index < -0.39 is 5.97 Å². The van der Waals surface area contributed by atoms with Crippen LogP contribution >= 0.6 is 0 Å². The zero-order valence-electron chi connectivity index (χ0n) is 15.3. The van der Waals surface area contributed by atoms with E-state index in [-0.39, 0.29) is 19.1 Å². The molecule has 0 fully saturated rings. The third-order valence-electron chi connectivity index (χ3n) is 4.33. The molecule has 0 atom stereocenters. The Morgan fingerprint density at radius 3 is 2.30 bits per heavy atom. The Morgan fingerprint density at radius 2 is 1.59 bits per heavy atom. The molecule has 0 N–H and O–H groups in total. The van der Waals surface area contributed by atoms with Crippen LogP contribution in [0.5, 0.6) is 11.5 Å². The van der Waals surface area contributed by atoms with Crippen molar-refractivity contribution in [2.75, 3.05) is 26.4 Å². The topological polar surface area (TPSA) is 65.1 Å². The molecule has 0 saturated heterocycles. The molecule has 2 aromatic carbocycles. The van der Waals surface area contributed by atoms with E-state index in [0.717, 1.165) is 17.7 Å². The highest BCUT2D eigenvalue weighted by Gasteiger charge is 2.21. The molecule has 1 amide bonds. The maximum atomic E-state index is 12.3. The van der Waals surface area contributed by atoms with Crippen LogP contribution in [0.25, 0.3) is 0 Å². The number of nitrogens with zero attached hydrogens (tertiary/aromatic N) is 1. The van der Waals surface area contributed by atoms with Crippen molar-refractivity contribution in [3.63, 3.8) is 0 Å². The van der Waals surface area contributed by atoms with Crippen molar-refractivity contribution in [1.82, 2.24) is 4.90 Å². The van der Waals surface area contributed by atoms with Crippen LogP contribution in [0, 0.1) is 0 Å². The normalized spacial score (nSPS) is 12.9. The van der Waals surface area contributed by atoms with Gasteiger partial charge in [0.05, 0.1) is 6.61 Å². The van der Waals surface area contributed by atoms with Gasteiger partial charge < -0.3 is 19.1 Å². The molecule has 2 aromatic rings. The number of rotatable bonds is 7. The Hall–Kier alpha value is -3.02. The summed E-state index contributed by atoms with van der Waals surface area (Å²) >= 11 is 0. The lowest BCUT2D eigenvalue weighted by atomic mass is 10.00. The highest BCUT2D eigenvalue weighted by molar-refractivity contribution is 5.81. The summed E-state index contributed by atoms with van der Waals surface area (Å²) in [6, 6.07) is 15.0. The van der Waals surface area contributed by atoms with Crippen LogP contribution in [0.4, 0.5) is 0 Å². The Balaban J connectivity index is 1.40. The molecule has 1 aliphatic heterocycles. The summed E-state index contributed by atoms with van der Waals surface area (Å²) < 4.78 is 15.8. The smallest absolute Gasteiger partial charge is 0.344 e. The number of carbonyl (C=O) groups is 2. The first-order valence-corrected chi connectivity index (χ1v) is 9.01. The molecule has 1 heterocycles. The van der Waals surface area contributed by atoms with Gasteiger partial charge in [-0.05, 0) is 48.7 Å². The van der Waals surface area contributed by atoms with Gasteiger partial charge in [-0.25, -0.2) is 4.79 Å². The van der Waals surface area contributed by atoms with E-state index in [1.165, 1.54) is 5.56 Å². The molecule has 3 rings (SSSR count). The van der Waals surface area contributed by atoms with E-state index in [1.807, 2.05) is 25.1 Å². The zero-order chi connectivity index (χ0) is 19.1. The Bertz CT molecular complexity index is 787. The number of amides is 1. The van der Waals surface area contributed by atoms with Gasteiger partial charge in [0.2, 0.25) is 0 Å². The molecule has 6 nitrogen and oxygen atoms in total. The zero-order valence-corrected chi connectivity index (χ0v) is 15.3. The summed E-state index contributed by atoms with van der Waals surface area (Å²) in [5.41, 5.74) is 2.41. The van der Waals surface area contributed by atoms with Crippen LogP contribution < -0.4 is 9.47 Å². The molecule has 0 radical (unpaired) electrons. The van der Waals surface area contributed by atoms with Gasteiger partial charge in [0.15, 0.2) is 13.2 Å². The van der Waals surface area contributed by atoms with Crippen LogP contribution in [0.2, 0.25) is 0 Å². The summed E-state index contributed by atoms with van der Waals surface area (Å²) in [7, 11) is 0. The molecule has 27 heavy (non-hydrogen) atoms. The number of esters is 1. The standard InChI is InChI=1S/C21H23NO5/c1-2-25-18-7-9-19(10-8-18)26-15-21(24)27-14-20(23)22-12-11-16-5-3-4-6-17(16)13-22/h3-10H,2,11-15H2,1H3. The first-order chi connectivity index (χ1) is 13.2. The molecular weight excluding hydrogens is 346 g/mol. The SMILES string of the molecule is CCOc1ccc(OCC(=O)OCC(=O)N2CCc3ccccc3C2)cc1. The fourth-order valence-corrected chi connectivity index (χ4v) is 2.92. The van der Waals surface area contributed by atoms with Gasteiger partial charge in [0.25, 0.3) is 5.91 Å². The first-order valence-electron chi connectivity index (χ1n) is 9.01. The predicted octanol–water partition coefficient (Wildman–Crippen LogP) is 2.59. The highest BCUT2D eigenvalue weighted by atomic mass is 16.6. The molecular formula is C21H23NO5. The van der Waals surface area contributed by atoms with Crippen LogP contribution in [0.3, 0.4) is 0 Å². The maximum Gasteiger partial charge on any atom is 0.344 e. The quantitative estimate of drug-likeness (QED) is 0.702. The van der Waals surface area contributed by atoms with E-state index >= 15 is 0 Å². The summed E-state index contributed by atoms with van der Waals surface area (Å²) in [6.45, 7) is 3.16. The van der Waals surface area contributed by atoms with Crippen LogP contribution in [-0.4, -0.2) is 43.1 Å². The fraction of sp³-hybridized carbons (Fsp3) is 0.333. The molecule has 6 heteroatoms. The molecule has 1 aliphatic rings. The van der Waals surface area contributed by atoms with E-state index in [9.17, 15) is 9.59 Å². The lowest BCUT2D eigenvalue weighted by molar-refractivity contribution is -0.154. The maximum absolute atomic E-state index is 12.3. The third kappa shape index (κ3) is 5.23. The van der Waals surface area contributed by atoms with E-state index in [0.29, 0.717) is 25.4 Å². The van der Waals surface area contributed by atoms with E-state index in [1.54, 1.807) is 29.2 Å². The summed E-state index contributed by atoms with van der Waals surface area (Å²) in [5, 5.41) is 0. The highest BCUT2D eigenvalue weighted by Crippen LogP contribution is 2.19. The average molecular weight is 369 g/mol. The summed E-state index contributed by atoms with van der Waals surface area (Å²) in [4.78, 5) is 25.8. The summed E-state index contributed by atoms with van der Waals surface area (Å²) in [5.74, 6) is 0.504. The van der Waals surface area contributed by atoms with Crippen molar-refractivity contribution < 1.29 is 23.8 Å². The molecule has 0 spiro atoms. The Morgan fingerprint density at radius 1 is 0.926 bits per heavy atom. The van der Waals surface area contributed by atoms with Crippen molar-refractivity contribution in [2.24, 2.45) is 0 Å². The van der Waals surface area contributed by atoms with Gasteiger partial charge in [0, 0.05) is 13.1 Å². The van der Waals surface area contributed by atoms with Crippen molar-refractivity contribution in [2.45, 2.75) is 19.9 Å². The van der Waals surface area contributed by atoms with Crippen LogP contribution in [0.15, 0.2) is 48.5 Å². The molecule has 0 aromatic heterocycles. The molecule has 0 bridgehead atoms. The predicted molar refractivity (Wildman–Crippen MR) is 99.6 cm³/mol. The van der Waals surface area contributed by atoms with Gasteiger partial charge in [0.1, 0.15) is 11.5 Å². The lowest BCUT2D eigenvalue weighted by Gasteiger charge is -2.28. The van der Waals surface area contributed by atoms with Gasteiger partial charge >= 0.3 is 5.97 Å². The molecule has 142 valence electrons.